The van der Waals surface area contributed by atoms with E-state index in [1.54, 1.807) is 49.0 Å². The van der Waals surface area contributed by atoms with Gasteiger partial charge < -0.3 is 0 Å². The van der Waals surface area contributed by atoms with Gasteiger partial charge in [-0.2, -0.15) is 0 Å². The van der Waals surface area contributed by atoms with Crippen LogP contribution in [0.25, 0.3) is 11.8 Å². The van der Waals surface area contributed by atoms with Crippen molar-refractivity contribution < 1.29 is 9.72 Å². The zero-order valence-electron chi connectivity index (χ0n) is 18.0. The van der Waals surface area contributed by atoms with Gasteiger partial charge in [-0.1, -0.05) is 53.8 Å². The molecule has 0 unspecified atom stereocenters. The summed E-state index contributed by atoms with van der Waals surface area (Å²) < 4.78 is 3.38. The molecule has 0 saturated carbocycles. The average Bonchev–Trinajstić information content (AvgIpc) is 3.19. The van der Waals surface area contributed by atoms with Crippen LogP contribution in [0.5, 0.6) is 0 Å². The number of carbonyl (C=O) groups is 1. The number of para-hydroxylation sites is 1. The highest BCUT2D eigenvalue weighted by molar-refractivity contribution is 8.27. The van der Waals surface area contributed by atoms with Crippen LogP contribution in [-0.4, -0.2) is 24.5 Å². The van der Waals surface area contributed by atoms with Crippen molar-refractivity contribution in [3.8, 4) is 5.69 Å². The van der Waals surface area contributed by atoms with E-state index in [-0.39, 0.29) is 31.2 Å². The first-order valence-electron chi connectivity index (χ1n) is 9.92. The number of thiocarbonyl (C=S) groups is 1. The molecule has 2 aromatic carbocycles. The number of aromatic nitrogens is 2. The SMILES string of the molecule is Cc1c(N2C(=O)/C(=C/C(Cl)=Cc3ccc([N+](=O)[O-])cc3)SC2=S)c(=O)n(-c2ccccc2)n1C. The second-order valence-corrected chi connectivity index (χ2v) is 9.42. The third-order valence-electron chi connectivity index (χ3n) is 5.22. The lowest BCUT2D eigenvalue weighted by Gasteiger charge is -2.12. The third kappa shape index (κ3) is 4.35. The molecule has 0 radical (unpaired) electrons. The number of benzene rings is 2. The second kappa shape index (κ2) is 9.41. The molecule has 8 nitrogen and oxygen atoms in total. The minimum Gasteiger partial charge on any atom is -0.283 e. The maximum absolute atomic E-state index is 13.3. The summed E-state index contributed by atoms with van der Waals surface area (Å²) >= 11 is 12.8. The second-order valence-electron chi connectivity index (χ2n) is 7.31. The van der Waals surface area contributed by atoms with Crippen LogP contribution in [0.1, 0.15) is 11.3 Å². The standard InChI is InChI=1S/C23H17ClN4O4S2/c1-14-20(22(30)27(25(14)2)17-6-4-3-5-7-17)26-21(29)19(34-23(26)33)13-16(24)12-15-8-10-18(11-9-15)28(31)32/h3-13H,1-2H3/b16-12?,19-13-. The van der Waals surface area contributed by atoms with E-state index in [0.717, 1.165) is 11.8 Å². The molecular formula is C23H17ClN4O4S2. The number of anilines is 1. The van der Waals surface area contributed by atoms with Gasteiger partial charge in [-0.3, -0.25) is 29.3 Å². The van der Waals surface area contributed by atoms with Gasteiger partial charge in [0, 0.05) is 24.2 Å². The Hall–Kier alpha value is -3.47. The summed E-state index contributed by atoms with van der Waals surface area (Å²) in [6.45, 7) is 1.75. The van der Waals surface area contributed by atoms with Gasteiger partial charge in [0.2, 0.25) is 0 Å². The number of thioether (sulfide) groups is 1. The summed E-state index contributed by atoms with van der Waals surface area (Å²) in [6, 6.07) is 15.0. The molecule has 0 N–H and O–H groups in total. The summed E-state index contributed by atoms with van der Waals surface area (Å²) in [4.78, 5) is 38.3. The van der Waals surface area contributed by atoms with Crippen LogP contribution < -0.4 is 10.5 Å². The van der Waals surface area contributed by atoms with E-state index in [0.29, 0.717) is 16.9 Å². The number of hydrogen-bond donors (Lipinski definition) is 0. The Labute approximate surface area is 208 Å². The van der Waals surface area contributed by atoms with Crippen LogP contribution in [0, 0.1) is 17.0 Å². The highest BCUT2D eigenvalue weighted by Crippen LogP contribution is 2.36. The molecule has 1 aromatic heterocycles. The third-order valence-corrected chi connectivity index (χ3v) is 6.74. The predicted octanol–water partition coefficient (Wildman–Crippen LogP) is 4.92. The van der Waals surface area contributed by atoms with Gasteiger partial charge in [0.05, 0.1) is 21.2 Å². The van der Waals surface area contributed by atoms with Crippen molar-refractivity contribution in [3.63, 3.8) is 0 Å². The maximum atomic E-state index is 13.3. The first-order chi connectivity index (χ1) is 16.2. The molecule has 0 spiro atoms. The maximum Gasteiger partial charge on any atom is 0.296 e. The molecule has 11 heteroatoms. The summed E-state index contributed by atoms with van der Waals surface area (Å²) in [7, 11) is 1.74. The molecule has 2 heterocycles. The largest absolute Gasteiger partial charge is 0.296 e. The van der Waals surface area contributed by atoms with Crippen molar-refractivity contribution >= 4 is 63.3 Å². The average molecular weight is 513 g/mol. The van der Waals surface area contributed by atoms with Crippen LogP contribution in [-0.2, 0) is 11.8 Å². The summed E-state index contributed by atoms with van der Waals surface area (Å²) in [5.74, 6) is -0.448. The van der Waals surface area contributed by atoms with Gasteiger partial charge in [-0.05, 0) is 48.9 Å². The predicted molar refractivity (Wildman–Crippen MR) is 138 cm³/mol. The van der Waals surface area contributed by atoms with E-state index < -0.39 is 10.8 Å². The Balaban J connectivity index is 1.67. The van der Waals surface area contributed by atoms with Crippen molar-refractivity contribution in [2.45, 2.75) is 6.92 Å². The molecule has 1 amide bonds. The lowest BCUT2D eigenvalue weighted by molar-refractivity contribution is -0.384. The van der Waals surface area contributed by atoms with Gasteiger partial charge in [0.15, 0.2) is 4.32 Å². The molecule has 1 aliphatic heterocycles. The number of carbonyl (C=O) groups excluding carboxylic acids is 1. The zero-order valence-corrected chi connectivity index (χ0v) is 20.4. The quantitative estimate of drug-likeness (QED) is 0.208. The number of nitro groups is 1. The van der Waals surface area contributed by atoms with Gasteiger partial charge in [0.25, 0.3) is 17.2 Å². The van der Waals surface area contributed by atoms with Crippen molar-refractivity contribution in [2.24, 2.45) is 7.05 Å². The zero-order chi connectivity index (χ0) is 24.6. The smallest absolute Gasteiger partial charge is 0.283 e. The van der Waals surface area contributed by atoms with Gasteiger partial charge in [0.1, 0.15) is 5.69 Å². The number of rotatable bonds is 5. The highest BCUT2D eigenvalue weighted by atomic mass is 35.5. The van der Waals surface area contributed by atoms with Crippen LogP contribution in [0.2, 0.25) is 0 Å². The van der Waals surface area contributed by atoms with Crippen LogP contribution in [0.4, 0.5) is 11.4 Å². The lowest BCUT2D eigenvalue weighted by atomic mass is 10.2. The molecule has 4 rings (SSSR count). The van der Waals surface area contributed by atoms with E-state index in [1.807, 2.05) is 18.2 Å². The van der Waals surface area contributed by atoms with E-state index in [2.05, 4.69) is 0 Å². The van der Waals surface area contributed by atoms with Crippen molar-refractivity contribution in [2.75, 3.05) is 4.90 Å². The Bertz CT molecular complexity index is 1440. The monoisotopic (exact) mass is 512 g/mol. The number of allylic oxidation sites excluding steroid dienone is 2. The normalized spacial score (nSPS) is 15.4. The number of non-ortho nitro benzene ring substituents is 1. The summed E-state index contributed by atoms with van der Waals surface area (Å²) in [5.41, 5.74) is 1.67. The molecular weight excluding hydrogens is 496 g/mol. The molecule has 0 aliphatic carbocycles. The Morgan fingerprint density at radius 2 is 1.76 bits per heavy atom. The number of hydrogen-bond acceptors (Lipinski definition) is 6. The van der Waals surface area contributed by atoms with Crippen LogP contribution in [0.3, 0.4) is 0 Å². The van der Waals surface area contributed by atoms with Crippen molar-refractivity contribution in [1.82, 2.24) is 9.36 Å². The number of amides is 1. The van der Waals surface area contributed by atoms with E-state index >= 15 is 0 Å². The molecule has 172 valence electrons. The van der Waals surface area contributed by atoms with Crippen LogP contribution in [0.15, 0.2) is 75.4 Å². The number of halogens is 1. The van der Waals surface area contributed by atoms with Crippen molar-refractivity contribution in [1.29, 1.82) is 0 Å². The molecule has 1 saturated heterocycles. The van der Waals surface area contributed by atoms with Crippen molar-refractivity contribution in [3.05, 3.63) is 102 Å². The fourth-order valence-corrected chi connectivity index (χ4v) is 5.05. The minimum atomic E-state index is -0.488. The molecule has 1 aliphatic rings. The molecule has 3 aromatic rings. The highest BCUT2D eigenvalue weighted by Gasteiger charge is 2.37. The fourth-order valence-electron chi connectivity index (χ4n) is 3.49. The molecule has 1 fully saturated rings. The Morgan fingerprint density at radius 3 is 2.38 bits per heavy atom. The summed E-state index contributed by atoms with van der Waals surface area (Å²) in [6.07, 6.45) is 3.05. The number of nitrogens with zero attached hydrogens (tertiary/aromatic N) is 4. The topological polar surface area (TPSA) is 90.4 Å². The van der Waals surface area contributed by atoms with Gasteiger partial charge >= 0.3 is 0 Å². The van der Waals surface area contributed by atoms with Gasteiger partial charge in [-0.25, -0.2) is 4.68 Å². The van der Waals surface area contributed by atoms with Gasteiger partial charge in [-0.15, -0.1) is 0 Å². The van der Waals surface area contributed by atoms with E-state index in [1.165, 1.54) is 27.8 Å². The van der Waals surface area contributed by atoms with E-state index in [9.17, 15) is 19.7 Å². The van der Waals surface area contributed by atoms with Crippen LogP contribution >= 0.6 is 35.6 Å². The minimum absolute atomic E-state index is 0.0338. The number of nitro benzene ring substituents is 1. The Morgan fingerprint density at radius 1 is 1.12 bits per heavy atom. The lowest BCUT2D eigenvalue weighted by Crippen LogP contribution is -2.33. The molecule has 0 atom stereocenters. The first-order valence-corrected chi connectivity index (χ1v) is 11.5. The summed E-state index contributed by atoms with van der Waals surface area (Å²) in [5, 5.41) is 11.0. The van der Waals surface area contributed by atoms with E-state index in [4.69, 9.17) is 23.8 Å². The molecule has 34 heavy (non-hydrogen) atoms. The first kappa shape index (κ1) is 23.7. The fraction of sp³-hybridized carbons (Fsp3) is 0.0870. The Kier molecular flexibility index (Phi) is 6.56. The molecule has 0 bridgehead atoms.